The number of carbonyl (C=O) groups excluding carboxylic acids is 1. The average molecular weight is 247 g/mol. The van der Waals surface area contributed by atoms with Crippen LogP contribution in [-0.4, -0.2) is 28.6 Å². The molecule has 0 aliphatic heterocycles. The third-order valence-electron chi connectivity index (χ3n) is 2.44. The van der Waals surface area contributed by atoms with E-state index in [9.17, 15) is 4.79 Å². The lowest BCUT2D eigenvalue weighted by Gasteiger charge is -2.07. The number of H-pyrrole nitrogens is 1. The first-order valence-electron chi connectivity index (χ1n) is 5.97. The Hall–Kier alpha value is -1.88. The van der Waals surface area contributed by atoms with Gasteiger partial charge >= 0.3 is 0 Å². The van der Waals surface area contributed by atoms with Crippen LogP contribution in [0.25, 0.3) is 11.0 Å². The number of carbonyl (C=O) groups is 1. The summed E-state index contributed by atoms with van der Waals surface area (Å²) in [7, 11) is 0. The summed E-state index contributed by atoms with van der Waals surface area (Å²) in [5.41, 5.74) is 1.88. The molecule has 0 unspecified atom stereocenters. The van der Waals surface area contributed by atoms with Crippen molar-refractivity contribution < 1.29 is 9.53 Å². The van der Waals surface area contributed by atoms with E-state index in [4.69, 9.17) is 4.74 Å². The first-order valence-corrected chi connectivity index (χ1v) is 5.97. The predicted octanol–water partition coefficient (Wildman–Crippen LogP) is 1.60. The summed E-state index contributed by atoms with van der Waals surface area (Å²) in [5, 5.41) is 2.76. The van der Waals surface area contributed by atoms with Crippen molar-refractivity contribution in [2.24, 2.45) is 0 Å². The lowest BCUT2D eigenvalue weighted by atomic mass is 10.3. The number of para-hydroxylation sites is 2. The highest BCUT2D eigenvalue weighted by molar-refractivity contribution is 5.77. The molecule has 2 rings (SSSR count). The number of hydrogen-bond acceptors (Lipinski definition) is 3. The largest absolute Gasteiger partial charge is 0.369 e. The van der Waals surface area contributed by atoms with Crippen LogP contribution in [0.15, 0.2) is 24.3 Å². The van der Waals surface area contributed by atoms with E-state index in [0.717, 1.165) is 16.9 Å². The van der Waals surface area contributed by atoms with Gasteiger partial charge in [-0.3, -0.25) is 4.79 Å². The van der Waals surface area contributed by atoms with Crippen LogP contribution in [0.3, 0.4) is 0 Å². The molecule has 0 atom stereocenters. The van der Waals surface area contributed by atoms with Crippen LogP contribution in [0.2, 0.25) is 0 Å². The minimum absolute atomic E-state index is 0.0574. The fourth-order valence-electron chi connectivity index (χ4n) is 1.57. The van der Waals surface area contributed by atoms with E-state index < -0.39 is 0 Å². The molecule has 2 aromatic rings. The van der Waals surface area contributed by atoms with Crippen LogP contribution < -0.4 is 5.32 Å². The first kappa shape index (κ1) is 12.6. The van der Waals surface area contributed by atoms with Crippen molar-refractivity contribution in [2.45, 2.75) is 26.5 Å². The van der Waals surface area contributed by atoms with Crippen LogP contribution >= 0.6 is 0 Å². The van der Waals surface area contributed by atoms with Crippen LogP contribution in [0.5, 0.6) is 0 Å². The summed E-state index contributed by atoms with van der Waals surface area (Å²) in [6, 6.07) is 7.76. The smallest absolute Gasteiger partial charge is 0.246 e. The Balaban J connectivity index is 1.88. The maximum absolute atomic E-state index is 11.5. The first-order chi connectivity index (χ1) is 8.65. The van der Waals surface area contributed by atoms with Gasteiger partial charge in [-0.1, -0.05) is 12.1 Å². The lowest BCUT2D eigenvalue weighted by Crippen LogP contribution is -2.28. The van der Waals surface area contributed by atoms with Crippen LogP contribution in [0, 0.1) is 0 Å². The lowest BCUT2D eigenvalue weighted by molar-refractivity contribution is -0.127. The molecule has 0 aliphatic rings. The molecule has 2 N–H and O–H groups in total. The van der Waals surface area contributed by atoms with Gasteiger partial charge in [-0.2, -0.15) is 0 Å². The Kier molecular flexibility index (Phi) is 3.94. The molecule has 5 nitrogen and oxygen atoms in total. The van der Waals surface area contributed by atoms with Crippen molar-refractivity contribution in [1.82, 2.24) is 15.3 Å². The normalized spacial score (nSPS) is 11.1. The molecule has 0 spiro atoms. The number of amides is 1. The highest BCUT2D eigenvalue weighted by Crippen LogP contribution is 2.09. The second-order valence-corrected chi connectivity index (χ2v) is 4.34. The summed E-state index contributed by atoms with van der Waals surface area (Å²) < 4.78 is 5.21. The summed E-state index contributed by atoms with van der Waals surface area (Å²) in [5.74, 6) is 0.609. The van der Waals surface area contributed by atoms with Crippen LogP contribution in [0.1, 0.15) is 19.7 Å². The third-order valence-corrected chi connectivity index (χ3v) is 2.44. The molecule has 0 saturated carbocycles. The molecular formula is C13H17N3O2. The highest BCUT2D eigenvalue weighted by atomic mass is 16.5. The molecule has 1 heterocycles. The minimum Gasteiger partial charge on any atom is -0.369 e. The summed E-state index contributed by atoms with van der Waals surface area (Å²) in [6.45, 7) is 4.26. The molecule has 1 aromatic carbocycles. The van der Waals surface area contributed by atoms with Gasteiger partial charge < -0.3 is 15.0 Å². The van der Waals surface area contributed by atoms with Gasteiger partial charge in [0.1, 0.15) is 12.4 Å². The fourth-order valence-corrected chi connectivity index (χ4v) is 1.57. The van der Waals surface area contributed by atoms with E-state index >= 15 is 0 Å². The van der Waals surface area contributed by atoms with Crippen molar-refractivity contribution in [3.8, 4) is 0 Å². The maximum atomic E-state index is 11.5. The molecule has 5 heteroatoms. The number of aromatic amines is 1. The predicted molar refractivity (Wildman–Crippen MR) is 69.0 cm³/mol. The Morgan fingerprint density at radius 2 is 2.22 bits per heavy atom. The SMILES string of the molecule is CC(C)OCC(=O)NCc1nc2ccccc2[nH]1. The fraction of sp³-hybridized carbons (Fsp3) is 0.385. The van der Waals surface area contributed by atoms with Crippen molar-refractivity contribution in [2.75, 3.05) is 6.61 Å². The van der Waals surface area contributed by atoms with Crippen molar-refractivity contribution >= 4 is 16.9 Å². The number of imidazole rings is 1. The highest BCUT2D eigenvalue weighted by Gasteiger charge is 2.05. The second-order valence-electron chi connectivity index (χ2n) is 4.34. The van der Waals surface area contributed by atoms with Crippen molar-refractivity contribution in [3.63, 3.8) is 0 Å². The molecule has 18 heavy (non-hydrogen) atoms. The summed E-state index contributed by atoms with van der Waals surface area (Å²) in [6.07, 6.45) is 0.0574. The van der Waals surface area contributed by atoms with Gasteiger partial charge in [0, 0.05) is 0 Å². The topological polar surface area (TPSA) is 67.0 Å². The number of ether oxygens (including phenoxy) is 1. The molecule has 0 radical (unpaired) electrons. The zero-order valence-corrected chi connectivity index (χ0v) is 10.6. The minimum atomic E-state index is -0.135. The standard InChI is InChI=1S/C13H17N3O2/c1-9(2)18-8-13(17)14-7-12-15-10-5-3-4-6-11(10)16-12/h3-6,9H,7-8H2,1-2H3,(H,14,17)(H,15,16). The zero-order chi connectivity index (χ0) is 13.0. The monoisotopic (exact) mass is 247 g/mol. The van der Waals surface area contributed by atoms with E-state index in [1.54, 1.807) is 0 Å². The summed E-state index contributed by atoms with van der Waals surface area (Å²) >= 11 is 0. The quantitative estimate of drug-likeness (QED) is 0.843. The molecule has 96 valence electrons. The Morgan fingerprint density at radius 3 is 2.94 bits per heavy atom. The number of benzene rings is 1. The van der Waals surface area contributed by atoms with Gasteiger partial charge in [0.15, 0.2) is 0 Å². The Morgan fingerprint density at radius 1 is 1.44 bits per heavy atom. The molecule has 0 fully saturated rings. The van der Waals surface area contributed by atoms with E-state index in [0.29, 0.717) is 6.54 Å². The van der Waals surface area contributed by atoms with E-state index in [1.807, 2.05) is 38.1 Å². The van der Waals surface area contributed by atoms with Crippen molar-refractivity contribution in [3.05, 3.63) is 30.1 Å². The molecular weight excluding hydrogens is 230 g/mol. The van der Waals surface area contributed by atoms with Gasteiger partial charge in [0.05, 0.1) is 23.7 Å². The second kappa shape index (κ2) is 5.64. The van der Waals surface area contributed by atoms with Gasteiger partial charge in [-0.15, -0.1) is 0 Å². The van der Waals surface area contributed by atoms with Gasteiger partial charge in [-0.25, -0.2) is 4.98 Å². The molecule has 0 bridgehead atoms. The summed E-state index contributed by atoms with van der Waals surface area (Å²) in [4.78, 5) is 19.0. The number of nitrogens with one attached hydrogen (secondary N) is 2. The van der Waals surface area contributed by atoms with Crippen LogP contribution in [0.4, 0.5) is 0 Å². The number of fused-ring (bicyclic) bond motifs is 1. The Labute approximate surface area is 106 Å². The molecule has 0 aliphatic carbocycles. The van der Waals surface area contributed by atoms with Gasteiger partial charge in [0.2, 0.25) is 5.91 Å². The van der Waals surface area contributed by atoms with E-state index in [2.05, 4.69) is 15.3 Å². The number of rotatable bonds is 5. The molecule has 1 aromatic heterocycles. The van der Waals surface area contributed by atoms with Crippen molar-refractivity contribution in [1.29, 1.82) is 0 Å². The molecule has 1 amide bonds. The van der Waals surface area contributed by atoms with E-state index in [1.165, 1.54) is 0 Å². The molecule has 0 saturated heterocycles. The third kappa shape index (κ3) is 3.30. The zero-order valence-electron chi connectivity index (χ0n) is 10.6. The maximum Gasteiger partial charge on any atom is 0.246 e. The van der Waals surface area contributed by atoms with E-state index in [-0.39, 0.29) is 18.6 Å². The number of nitrogens with zero attached hydrogens (tertiary/aromatic N) is 1. The average Bonchev–Trinajstić information content (AvgIpc) is 2.76. The van der Waals surface area contributed by atoms with Gasteiger partial charge in [0.25, 0.3) is 0 Å². The van der Waals surface area contributed by atoms with Crippen LogP contribution in [-0.2, 0) is 16.1 Å². The van der Waals surface area contributed by atoms with Gasteiger partial charge in [-0.05, 0) is 26.0 Å². The number of hydrogen-bond donors (Lipinski definition) is 2. The Bertz CT molecular complexity index is 501. The number of aromatic nitrogens is 2.